The third-order valence-electron chi connectivity index (χ3n) is 4.55. The Balaban J connectivity index is 1.83. The molecule has 0 bridgehead atoms. The molecule has 120 valence electrons. The van der Waals surface area contributed by atoms with E-state index in [0.29, 0.717) is 34.1 Å². The fraction of sp³-hybridized carbons (Fsp3) is 0.158. The van der Waals surface area contributed by atoms with Crippen molar-refractivity contribution in [2.24, 2.45) is 0 Å². The Bertz CT molecular complexity index is 967. The molecule has 1 aliphatic carbocycles. The summed E-state index contributed by atoms with van der Waals surface area (Å²) >= 11 is 12.0. The molecule has 0 amide bonds. The lowest BCUT2D eigenvalue weighted by Crippen LogP contribution is -2.22. The molecule has 2 N–H and O–H groups in total. The maximum atomic E-state index is 12.7. The summed E-state index contributed by atoms with van der Waals surface area (Å²) in [5, 5.41) is 2.00. The summed E-state index contributed by atoms with van der Waals surface area (Å²) < 4.78 is 0. The van der Waals surface area contributed by atoms with Gasteiger partial charge in [-0.3, -0.25) is 9.78 Å². The lowest BCUT2D eigenvalue weighted by Gasteiger charge is -2.25. The predicted octanol–water partition coefficient (Wildman–Crippen LogP) is 5.04. The molecule has 0 saturated carbocycles. The average molecular weight is 357 g/mol. The maximum absolute atomic E-state index is 12.7. The first kappa shape index (κ1) is 15.4. The van der Waals surface area contributed by atoms with Crippen molar-refractivity contribution in [1.29, 1.82) is 0 Å². The Hall–Kier alpha value is -2.10. The van der Waals surface area contributed by atoms with Crippen LogP contribution in [0.3, 0.4) is 0 Å². The number of fused-ring (bicyclic) bond motifs is 2. The molecule has 2 aromatic carbocycles. The summed E-state index contributed by atoms with van der Waals surface area (Å²) in [6.07, 6.45) is 1.11. The van der Waals surface area contributed by atoms with E-state index in [4.69, 9.17) is 28.9 Å². The number of aromatic nitrogens is 1. The number of hydrogen-bond acceptors (Lipinski definition) is 3. The van der Waals surface area contributed by atoms with Gasteiger partial charge in [-0.1, -0.05) is 35.3 Å². The van der Waals surface area contributed by atoms with E-state index >= 15 is 0 Å². The molecule has 0 radical (unpaired) electrons. The molecule has 1 aliphatic rings. The molecular weight excluding hydrogens is 343 g/mol. The van der Waals surface area contributed by atoms with Gasteiger partial charge in [-0.05, 0) is 48.2 Å². The molecule has 3 nitrogen and oxygen atoms in total. The van der Waals surface area contributed by atoms with Crippen molar-refractivity contribution in [1.82, 2.24) is 4.98 Å². The molecule has 1 atom stereocenters. The predicted molar refractivity (Wildman–Crippen MR) is 98.0 cm³/mol. The highest BCUT2D eigenvalue weighted by molar-refractivity contribution is 6.31. The van der Waals surface area contributed by atoms with Crippen LogP contribution < -0.4 is 5.73 Å². The number of halogens is 2. The van der Waals surface area contributed by atoms with Gasteiger partial charge in [0.2, 0.25) is 0 Å². The number of anilines is 1. The summed E-state index contributed by atoms with van der Waals surface area (Å²) in [7, 11) is 0. The van der Waals surface area contributed by atoms with E-state index in [1.807, 2.05) is 30.3 Å². The Morgan fingerprint density at radius 1 is 1.00 bits per heavy atom. The smallest absolute Gasteiger partial charge is 0.167 e. The highest BCUT2D eigenvalue weighted by Crippen LogP contribution is 2.37. The molecular formula is C19H14Cl2N2O. The van der Waals surface area contributed by atoms with Crippen molar-refractivity contribution in [2.45, 2.75) is 18.8 Å². The van der Waals surface area contributed by atoms with Gasteiger partial charge in [0.1, 0.15) is 0 Å². The van der Waals surface area contributed by atoms with Crippen LogP contribution in [0.1, 0.15) is 34.0 Å². The number of nitrogen functional groups attached to an aromatic ring is 1. The molecule has 24 heavy (non-hydrogen) atoms. The first-order valence-corrected chi connectivity index (χ1v) is 8.45. The van der Waals surface area contributed by atoms with Crippen LogP contribution in [0.5, 0.6) is 0 Å². The van der Waals surface area contributed by atoms with Gasteiger partial charge in [0.05, 0.1) is 22.5 Å². The van der Waals surface area contributed by atoms with E-state index in [9.17, 15) is 4.79 Å². The zero-order valence-electron chi connectivity index (χ0n) is 12.7. The highest BCUT2D eigenvalue weighted by atomic mass is 35.5. The summed E-state index contributed by atoms with van der Waals surface area (Å²) in [4.78, 5) is 17.4. The lowest BCUT2D eigenvalue weighted by molar-refractivity contribution is 0.0964. The molecule has 4 rings (SSSR count). The van der Waals surface area contributed by atoms with Crippen LogP contribution in [-0.2, 0) is 6.42 Å². The number of ketones is 1. The Labute approximate surface area is 149 Å². The normalized spacial score (nSPS) is 17.1. The van der Waals surface area contributed by atoms with Crippen molar-refractivity contribution in [3.8, 4) is 0 Å². The number of rotatable bonds is 1. The monoisotopic (exact) mass is 356 g/mol. The van der Waals surface area contributed by atoms with E-state index in [2.05, 4.69) is 4.98 Å². The molecule has 1 heterocycles. The van der Waals surface area contributed by atoms with Crippen molar-refractivity contribution < 1.29 is 4.79 Å². The van der Waals surface area contributed by atoms with Crippen LogP contribution in [-0.4, -0.2) is 10.8 Å². The van der Waals surface area contributed by atoms with Crippen LogP contribution in [0.15, 0.2) is 42.5 Å². The van der Waals surface area contributed by atoms with E-state index in [1.54, 1.807) is 12.1 Å². The average Bonchev–Trinajstić information content (AvgIpc) is 2.56. The summed E-state index contributed by atoms with van der Waals surface area (Å²) in [5.74, 6) is 0.127. The molecule has 5 heteroatoms. The zero-order valence-corrected chi connectivity index (χ0v) is 14.2. The van der Waals surface area contributed by atoms with Gasteiger partial charge < -0.3 is 5.73 Å². The maximum Gasteiger partial charge on any atom is 0.167 e. The van der Waals surface area contributed by atoms with E-state index in [0.717, 1.165) is 22.2 Å². The second-order valence-electron chi connectivity index (χ2n) is 6.09. The summed E-state index contributed by atoms with van der Waals surface area (Å²) in [6, 6.07) is 13.0. The van der Waals surface area contributed by atoms with Crippen LogP contribution >= 0.6 is 23.2 Å². The Morgan fingerprint density at radius 3 is 2.46 bits per heavy atom. The largest absolute Gasteiger partial charge is 0.398 e. The quantitative estimate of drug-likeness (QED) is 0.664. The lowest BCUT2D eigenvalue weighted by atomic mass is 9.80. The molecule has 1 unspecified atom stereocenters. The van der Waals surface area contributed by atoms with Crippen LogP contribution in [0.25, 0.3) is 10.9 Å². The van der Waals surface area contributed by atoms with Gasteiger partial charge >= 0.3 is 0 Å². The van der Waals surface area contributed by atoms with Gasteiger partial charge in [0.25, 0.3) is 0 Å². The molecule has 0 saturated heterocycles. The van der Waals surface area contributed by atoms with Crippen LogP contribution in [0.4, 0.5) is 5.69 Å². The van der Waals surface area contributed by atoms with Crippen molar-refractivity contribution in [3.63, 3.8) is 0 Å². The number of nitrogens with two attached hydrogens (primary N) is 1. The van der Waals surface area contributed by atoms with Crippen LogP contribution in [0.2, 0.25) is 10.0 Å². The Morgan fingerprint density at radius 2 is 1.71 bits per heavy atom. The third kappa shape index (κ3) is 2.54. The minimum atomic E-state index is 0.0306. The van der Waals surface area contributed by atoms with Crippen molar-refractivity contribution >= 4 is 45.6 Å². The summed E-state index contributed by atoms with van der Waals surface area (Å²) in [6.45, 7) is 0. The van der Waals surface area contributed by atoms with E-state index < -0.39 is 0 Å². The second-order valence-corrected chi connectivity index (χ2v) is 6.96. The number of nitrogens with zero attached hydrogens (tertiary/aromatic N) is 1. The SMILES string of the molecule is Nc1c2c(nc3ccc(Cl)cc13)CC(c1ccc(Cl)cc1)CC2=O. The topological polar surface area (TPSA) is 56.0 Å². The minimum absolute atomic E-state index is 0.0306. The fourth-order valence-corrected chi connectivity index (χ4v) is 3.67. The molecule has 0 spiro atoms. The van der Waals surface area contributed by atoms with Gasteiger partial charge in [0, 0.05) is 21.9 Å². The minimum Gasteiger partial charge on any atom is -0.398 e. The highest BCUT2D eigenvalue weighted by Gasteiger charge is 2.30. The zero-order chi connectivity index (χ0) is 16.8. The van der Waals surface area contributed by atoms with Crippen molar-refractivity contribution in [3.05, 3.63) is 69.3 Å². The van der Waals surface area contributed by atoms with Crippen LogP contribution in [0, 0.1) is 0 Å². The van der Waals surface area contributed by atoms with E-state index in [1.165, 1.54) is 0 Å². The number of pyridine rings is 1. The molecule has 1 aromatic heterocycles. The first-order chi connectivity index (χ1) is 11.5. The molecule has 0 aliphatic heterocycles. The third-order valence-corrected chi connectivity index (χ3v) is 5.04. The number of Topliss-reactive ketones (excluding diaryl/α,β-unsaturated/α-hetero) is 1. The number of carbonyl (C=O) groups excluding carboxylic acids is 1. The fourth-order valence-electron chi connectivity index (χ4n) is 3.37. The summed E-state index contributed by atoms with van der Waals surface area (Å²) in [5.41, 5.74) is 9.92. The molecule has 3 aromatic rings. The van der Waals surface area contributed by atoms with Gasteiger partial charge in [-0.2, -0.15) is 0 Å². The number of benzene rings is 2. The number of carbonyl (C=O) groups is 1. The first-order valence-electron chi connectivity index (χ1n) is 7.69. The van der Waals surface area contributed by atoms with Gasteiger partial charge in [-0.25, -0.2) is 0 Å². The van der Waals surface area contributed by atoms with Gasteiger partial charge in [0.15, 0.2) is 5.78 Å². The van der Waals surface area contributed by atoms with E-state index in [-0.39, 0.29) is 11.7 Å². The molecule has 0 fully saturated rings. The standard InChI is InChI=1S/C19H14Cl2N2O/c20-12-3-1-10(2-4-12)11-7-16-18(17(24)8-11)19(22)14-9-13(21)5-6-15(14)23-16/h1-6,9,11H,7-8H2,(H2,22,23). The number of hydrogen-bond donors (Lipinski definition) is 1. The van der Waals surface area contributed by atoms with Gasteiger partial charge in [-0.15, -0.1) is 0 Å². The Kier molecular flexibility index (Phi) is 3.70. The second kappa shape index (κ2) is 5.76. The van der Waals surface area contributed by atoms with Crippen molar-refractivity contribution in [2.75, 3.05) is 5.73 Å².